The third-order valence-corrected chi connectivity index (χ3v) is 3.96. The molecule has 3 aliphatic heterocycles. The van der Waals surface area contributed by atoms with Crippen molar-refractivity contribution < 1.29 is 19.0 Å². The smallest absolute Gasteiger partial charge is 0.251 e. The number of hydrogen-bond acceptors (Lipinski definition) is 4. The molecule has 3 saturated heterocycles. The molecule has 3 fully saturated rings. The Labute approximate surface area is 107 Å². The normalized spacial score (nSPS) is 32.8. The van der Waals surface area contributed by atoms with Crippen molar-refractivity contribution in [1.29, 1.82) is 0 Å². The highest BCUT2D eigenvalue weighted by Gasteiger charge is 2.37. The lowest BCUT2D eigenvalue weighted by atomic mass is 10.1. The van der Waals surface area contributed by atoms with Crippen LogP contribution in [-0.2, 0) is 19.0 Å². The van der Waals surface area contributed by atoms with Crippen molar-refractivity contribution in [2.75, 3.05) is 39.5 Å². The van der Waals surface area contributed by atoms with Gasteiger partial charge in [-0.1, -0.05) is 0 Å². The van der Waals surface area contributed by atoms with Crippen LogP contribution in [-0.4, -0.2) is 62.5 Å². The first kappa shape index (κ1) is 12.4. The maximum atomic E-state index is 12.0. The van der Waals surface area contributed by atoms with E-state index in [1.54, 1.807) is 0 Å². The van der Waals surface area contributed by atoms with Gasteiger partial charge < -0.3 is 19.1 Å². The fourth-order valence-electron chi connectivity index (χ4n) is 2.69. The van der Waals surface area contributed by atoms with Gasteiger partial charge in [0.15, 0.2) is 0 Å². The lowest BCUT2D eigenvalue weighted by Gasteiger charge is -2.40. The van der Waals surface area contributed by atoms with Crippen LogP contribution < -0.4 is 0 Å². The molecule has 0 aliphatic carbocycles. The van der Waals surface area contributed by atoms with E-state index in [-0.39, 0.29) is 18.1 Å². The fourth-order valence-corrected chi connectivity index (χ4v) is 2.69. The minimum Gasteiger partial charge on any atom is -0.381 e. The molecule has 1 amide bonds. The van der Waals surface area contributed by atoms with Crippen molar-refractivity contribution in [3.05, 3.63) is 0 Å². The average molecular weight is 255 g/mol. The molecular weight excluding hydrogens is 234 g/mol. The van der Waals surface area contributed by atoms with Gasteiger partial charge >= 0.3 is 0 Å². The summed E-state index contributed by atoms with van der Waals surface area (Å²) in [6, 6.07) is 0. The van der Waals surface area contributed by atoms with E-state index in [9.17, 15) is 4.79 Å². The van der Waals surface area contributed by atoms with Crippen LogP contribution in [0.3, 0.4) is 0 Å². The molecule has 0 bridgehead atoms. The molecule has 2 atom stereocenters. The molecule has 2 unspecified atom stereocenters. The standard InChI is InChI=1S/C13H21NO4/c15-13(12-2-1-4-17-12)14-6-11(7-14)18-9-10-3-5-16-8-10/h10-12H,1-9H2. The van der Waals surface area contributed by atoms with Crippen LogP contribution in [0.25, 0.3) is 0 Å². The minimum absolute atomic E-state index is 0.150. The van der Waals surface area contributed by atoms with Crippen molar-refractivity contribution in [2.45, 2.75) is 31.5 Å². The van der Waals surface area contributed by atoms with Gasteiger partial charge in [-0.15, -0.1) is 0 Å². The highest BCUT2D eigenvalue weighted by Crippen LogP contribution is 2.21. The van der Waals surface area contributed by atoms with Gasteiger partial charge in [-0.25, -0.2) is 0 Å². The van der Waals surface area contributed by atoms with Crippen LogP contribution in [0.1, 0.15) is 19.3 Å². The summed E-state index contributed by atoms with van der Waals surface area (Å²) in [5, 5.41) is 0. The van der Waals surface area contributed by atoms with E-state index in [0.717, 1.165) is 58.8 Å². The van der Waals surface area contributed by atoms with E-state index >= 15 is 0 Å². The number of nitrogens with zero attached hydrogens (tertiary/aromatic N) is 1. The Morgan fingerprint density at radius 3 is 2.83 bits per heavy atom. The zero-order valence-corrected chi connectivity index (χ0v) is 10.7. The first-order chi connectivity index (χ1) is 8.83. The minimum atomic E-state index is -0.186. The van der Waals surface area contributed by atoms with Gasteiger partial charge in [-0.3, -0.25) is 4.79 Å². The van der Waals surface area contributed by atoms with Gasteiger partial charge in [0.05, 0.1) is 19.3 Å². The summed E-state index contributed by atoms with van der Waals surface area (Å²) >= 11 is 0. The first-order valence-electron chi connectivity index (χ1n) is 6.92. The van der Waals surface area contributed by atoms with E-state index in [0.29, 0.717) is 5.92 Å². The van der Waals surface area contributed by atoms with Crippen LogP contribution in [0.15, 0.2) is 0 Å². The molecule has 5 nitrogen and oxygen atoms in total. The van der Waals surface area contributed by atoms with Gasteiger partial charge in [0.2, 0.25) is 0 Å². The van der Waals surface area contributed by atoms with Crippen LogP contribution in [0.2, 0.25) is 0 Å². The van der Waals surface area contributed by atoms with Crippen LogP contribution >= 0.6 is 0 Å². The molecular formula is C13H21NO4. The molecule has 3 aliphatic rings. The molecule has 0 saturated carbocycles. The van der Waals surface area contributed by atoms with Gasteiger partial charge in [0, 0.05) is 32.2 Å². The maximum absolute atomic E-state index is 12.0. The zero-order valence-electron chi connectivity index (χ0n) is 10.7. The molecule has 0 radical (unpaired) electrons. The number of carbonyl (C=O) groups is 1. The molecule has 0 aromatic rings. The van der Waals surface area contributed by atoms with Crippen LogP contribution in [0.5, 0.6) is 0 Å². The van der Waals surface area contributed by atoms with Crippen LogP contribution in [0, 0.1) is 5.92 Å². The summed E-state index contributed by atoms with van der Waals surface area (Å²) in [6.45, 7) is 4.64. The van der Waals surface area contributed by atoms with E-state index in [1.807, 2.05) is 4.90 Å². The molecule has 0 aromatic heterocycles. The average Bonchev–Trinajstić information content (AvgIpc) is 2.99. The summed E-state index contributed by atoms with van der Waals surface area (Å²) in [7, 11) is 0. The molecule has 0 aromatic carbocycles. The molecule has 102 valence electrons. The maximum Gasteiger partial charge on any atom is 0.251 e. The highest BCUT2D eigenvalue weighted by atomic mass is 16.5. The lowest BCUT2D eigenvalue weighted by Crippen LogP contribution is -2.57. The number of hydrogen-bond donors (Lipinski definition) is 0. The summed E-state index contributed by atoms with van der Waals surface area (Å²) in [4.78, 5) is 13.8. The first-order valence-corrected chi connectivity index (χ1v) is 6.92. The number of likely N-dealkylation sites (tertiary alicyclic amines) is 1. The largest absolute Gasteiger partial charge is 0.381 e. The molecule has 3 rings (SSSR count). The molecule has 3 heterocycles. The predicted molar refractivity (Wildman–Crippen MR) is 64.2 cm³/mol. The van der Waals surface area contributed by atoms with Gasteiger partial charge in [-0.05, 0) is 19.3 Å². The van der Waals surface area contributed by atoms with E-state index in [4.69, 9.17) is 14.2 Å². The number of rotatable bonds is 4. The summed E-state index contributed by atoms with van der Waals surface area (Å²) in [6.07, 6.45) is 3.02. The van der Waals surface area contributed by atoms with Gasteiger partial charge in [0.25, 0.3) is 5.91 Å². The second-order valence-electron chi connectivity index (χ2n) is 5.43. The summed E-state index contributed by atoms with van der Waals surface area (Å²) in [5.74, 6) is 0.699. The van der Waals surface area contributed by atoms with Crippen molar-refractivity contribution in [3.63, 3.8) is 0 Å². The van der Waals surface area contributed by atoms with Gasteiger partial charge in [-0.2, -0.15) is 0 Å². The van der Waals surface area contributed by atoms with Crippen LogP contribution in [0.4, 0.5) is 0 Å². The van der Waals surface area contributed by atoms with Gasteiger partial charge in [0.1, 0.15) is 6.10 Å². The third-order valence-electron chi connectivity index (χ3n) is 3.96. The van der Waals surface area contributed by atoms with Crippen molar-refractivity contribution >= 4 is 5.91 Å². The van der Waals surface area contributed by atoms with Crippen molar-refractivity contribution in [1.82, 2.24) is 4.90 Å². The number of amides is 1. The number of ether oxygens (including phenoxy) is 3. The Kier molecular flexibility index (Phi) is 3.82. The molecule has 0 spiro atoms. The second-order valence-corrected chi connectivity index (χ2v) is 5.43. The lowest BCUT2D eigenvalue weighted by molar-refractivity contribution is -0.155. The van der Waals surface area contributed by atoms with Crippen molar-refractivity contribution in [3.8, 4) is 0 Å². The Hall–Kier alpha value is -0.650. The third kappa shape index (κ3) is 2.68. The Morgan fingerprint density at radius 1 is 1.28 bits per heavy atom. The monoisotopic (exact) mass is 255 g/mol. The Morgan fingerprint density at radius 2 is 2.17 bits per heavy atom. The van der Waals surface area contributed by atoms with Crippen molar-refractivity contribution in [2.24, 2.45) is 5.92 Å². The Bertz CT molecular complexity index is 291. The summed E-state index contributed by atoms with van der Waals surface area (Å²) < 4.78 is 16.5. The molecule has 18 heavy (non-hydrogen) atoms. The molecule has 5 heteroatoms. The SMILES string of the molecule is O=C(C1CCCO1)N1CC(OCC2CCOC2)C1. The second kappa shape index (κ2) is 5.55. The summed E-state index contributed by atoms with van der Waals surface area (Å²) in [5.41, 5.74) is 0. The predicted octanol–water partition coefficient (Wildman–Crippen LogP) is 0.429. The fraction of sp³-hybridized carbons (Fsp3) is 0.923. The Balaban J connectivity index is 1.33. The van der Waals surface area contributed by atoms with E-state index in [1.165, 1.54) is 0 Å². The quantitative estimate of drug-likeness (QED) is 0.731. The molecule has 0 N–H and O–H groups in total. The van der Waals surface area contributed by atoms with E-state index < -0.39 is 0 Å². The number of carbonyl (C=O) groups excluding carboxylic acids is 1. The zero-order chi connectivity index (χ0) is 12.4. The van der Waals surface area contributed by atoms with E-state index in [2.05, 4.69) is 0 Å². The topological polar surface area (TPSA) is 48.0 Å². The highest BCUT2D eigenvalue weighted by molar-refractivity contribution is 5.82.